The van der Waals surface area contributed by atoms with E-state index >= 15 is 0 Å². The van der Waals surface area contributed by atoms with Crippen LogP contribution in [0.2, 0.25) is 0 Å². The Morgan fingerprint density at radius 1 is 0.396 bits per heavy atom. The van der Waals surface area contributed by atoms with Crippen molar-refractivity contribution >= 4 is 76.2 Å². The third-order valence-corrected chi connectivity index (χ3v) is 17.2. The summed E-state index contributed by atoms with van der Waals surface area (Å²) in [4.78, 5) is 126. The van der Waals surface area contributed by atoms with Gasteiger partial charge in [0.1, 0.15) is 47.8 Å². The number of carbonyl (C=O) groups is 9. The number of hydrogen-bond donors (Lipinski definition) is 19. The lowest BCUT2D eigenvalue weighted by Crippen LogP contribution is -2.61. The molecule has 0 bridgehead atoms. The van der Waals surface area contributed by atoms with Crippen molar-refractivity contribution in [3.8, 4) is 11.5 Å². The summed E-state index contributed by atoms with van der Waals surface area (Å²) >= 11 is 0. The van der Waals surface area contributed by atoms with Crippen LogP contribution in [0, 0.1) is 22.7 Å². The minimum Gasteiger partial charge on any atom is -0.508 e. The largest absolute Gasteiger partial charge is 0.508 e. The topological polar surface area (TPSA) is 478 Å². The molecule has 0 saturated carbocycles. The van der Waals surface area contributed by atoms with E-state index in [-0.39, 0.29) is 94.0 Å². The van der Waals surface area contributed by atoms with Crippen molar-refractivity contribution < 1.29 is 53.4 Å². The molecule has 0 spiro atoms. The molecule has 0 heterocycles. The average molecular weight is 1450 g/mol. The van der Waals surface area contributed by atoms with Crippen molar-refractivity contribution in [3.63, 3.8) is 0 Å². The zero-order valence-electron chi connectivity index (χ0n) is 60.5. The number of unbranched alkanes of at least 4 members (excludes halogenated alkanes) is 1. The lowest BCUT2D eigenvalue weighted by atomic mass is 9.85. The predicted octanol–water partition coefficient (Wildman–Crippen LogP) is 3.03. The molecule has 0 fully saturated rings. The summed E-state index contributed by atoms with van der Waals surface area (Å²) in [6, 6.07) is 40.6. The van der Waals surface area contributed by atoms with Crippen LogP contribution in [0.25, 0.3) is 11.1 Å². The second-order valence-corrected chi connectivity index (χ2v) is 26.6. The standard InChI is InChI=1S/C78H103N17O11/c1-48(2)42-62(75(105)95-69(49(3)4)76(106)94-64(44-51-20-10-6-11-21-51)74(104)93-63(43-50-18-8-5-9-19-50)72(102)89-46-65(98)90-59(70(80)100)25-16-40-85-77(81)82)92-73(103)61(24-14-15-39-79)91-66(99)47-88-71(101)60(26-17-41-86-78(83)84)87-45-52-27-29-54(30-28-52)67(53-22-12-7-13-23-53)68(55-31-35-57(96)36-32-55)56-33-37-58(97)38-34-56/h5-13,18-23,27-38,48-49,59-64,69,87,96-97H,14-17,24-26,39-47,79H2,1-4H3,(H2,80,100)(H,88,101)(H,89,102)(H,90,98)(H,91,99)(H,92,103)(H,93,104)(H,94,106)(H,95,105)(H4,81,82,85)(H4,83,84,86)/t59-,60-,61-,62-,63-,64-,69-/m0/s1. The molecule has 23 N–H and O–H groups in total. The second-order valence-electron chi connectivity index (χ2n) is 26.6. The first-order chi connectivity index (χ1) is 50.8. The summed E-state index contributed by atoms with van der Waals surface area (Å²) in [5, 5.41) is 65.9. The molecule has 0 saturated heterocycles. The monoisotopic (exact) mass is 1450 g/mol. The molecule has 9 amide bonds. The van der Waals surface area contributed by atoms with Gasteiger partial charge in [-0.2, -0.15) is 0 Å². The number of phenolic OH excluding ortho intramolecular Hbond substituents is 2. The SMILES string of the molecule is CC(C)C[C@H](NC(=O)[C@H](CCCCN)NC(=O)CNC(=O)[C@H](CCCNC(=N)N)NCc1ccc(C(=C(c2ccc(O)cc2)c2ccc(O)cc2)c2ccccc2)cc1)C(=O)N[C@H](C(=O)N[C@@H](Cc1ccccc1)C(=O)N[C@@H](Cc1ccccc1)C(=O)NCC(=O)N[C@@H](CCCNC(=N)N)C(N)=O)C(C)C. The van der Waals surface area contributed by atoms with Crippen LogP contribution in [0.15, 0.2) is 164 Å². The summed E-state index contributed by atoms with van der Waals surface area (Å²) in [7, 11) is 0. The highest BCUT2D eigenvalue weighted by Gasteiger charge is 2.35. The summed E-state index contributed by atoms with van der Waals surface area (Å²) < 4.78 is 0. The molecule has 0 aliphatic rings. The van der Waals surface area contributed by atoms with Gasteiger partial charge in [0.2, 0.25) is 53.2 Å². The van der Waals surface area contributed by atoms with E-state index in [2.05, 4.69) is 58.5 Å². The van der Waals surface area contributed by atoms with Crippen molar-refractivity contribution in [1.29, 1.82) is 10.8 Å². The molecule has 28 nitrogen and oxygen atoms in total. The molecule has 6 rings (SSSR count). The maximum Gasteiger partial charge on any atom is 0.243 e. The van der Waals surface area contributed by atoms with Gasteiger partial charge >= 0.3 is 0 Å². The van der Waals surface area contributed by atoms with Crippen LogP contribution in [0.1, 0.15) is 118 Å². The number of phenols is 2. The van der Waals surface area contributed by atoms with Crippen molar-refractivity contribution in [2.45, 2.75) is 141 Å². The zero-order chi connectivity index (χ0) is 77.1. The van der Waals surface area contributed by atoms with Gasteiger partial charge in [-0.15, -0.1) is 0 Å². The first-order valence-corrected chi connectivity index (χ1v) is 35.6. The number of rotatable bonds is 43. The van der Waals surface area contributed by atoms with Gasteiger partial charge in [-0.25, -0.2) is 0 Å². The number of amides is 9. The number of benzene rings is 6. The molecule has 0 aliphatic carbocycles. The van der Waals surface area contributed by atoms with Crippen LogP contribution < -0.4 is 81.4 Å². The van der Waals surface area contributed by atoms with E-state index in [1.807, 2.05) is 92.7 Å². The van der Waals surface area contributed by atoms with Crippen LogP contribution in [0.4, 0.5) is 0 Å². The minimum absolute atomic E-state index is 0.0464. The van der Waals surface area contributed by atoms with Crippen molar-refractivity contribution in [1.82, 2.24) is 58.5 Å². The van der Waals surface area contributed by atoms with Gasteiger partial charge in [0.05, 0.1) is 19.1 Å². The molecule has 0 unspecified atom stereocenters. The van der Waals surface area contributed by atoms with E-state index in [1.165, 1.54) is 0 Å². The fourth-order valence-electron chi connectivity index (χ4n) is 11.7. The molecular weight excluding hydrogens is 1350 g/mol. The van der Waals surface area contributed by atoms with Gasteiger partial charge < -0.3 is 91.6 Å². The number of primary amides is 1. The van der Waals surface area contributed by atoms with Crippen molar-refractivity contribution in [2.24, 2.45) is 34.8 Å². The lowest BCUT2D eigenvalue weighted by Gasteiger charge is -2.29. The van der Waals surface area contributed by atoms with E-state index in [0.717, 1.165) is 39.0 Å². The molecule has 0 radical (unpaired) electrons. The first-order valence-electron chi connectivity index (χ1n) is 35.6. The molecule has 6 aromatic carbocycles. The van der Waals surface area contributed by atoms with E-state index in [0.29, 0.717) is 36.8 Å². The molecule has 566 valence electrons. The maximum absolute atomic E-state index is 14.6. The summed E-state index contributed by atoms with van der Waals surface area (Å²) in [6.07, 6.45) is 2.07. The smallest absolute Gasteiger partial charge is 0.243 e. The summed E-state index contributed by atoms with van der Waals surface area (Å²) in [5.74, 6) is -7.62. The number of nitrogens with two attached hydrogens (primary N) is 4. The fourth-order valence-corrected chi connectivity index (χ4v) is 11.7. The van der Waals surface area contributed by atoms with Gasteiger partial charge in [-0.1, -0.05) is 167 Å². The van der Waals surface area contributed by atoms with E-state index in [4.69, 9.17) is 33.8 Å². The second kappa shape index (κ2) is 43.5. The average Bonchev–Trinajstić information content (AvgIpc) is 0.784. The highest BCUT2D eigenvalue weighted by atomic mass is 16.3. The van der Waals surface area contributed by atoms with Crippen LogP contribution >= 0.6 is 0 Å². The third-order valence-electron chi connectivity index (χ3n) is 17.2. The lowest BCUT2D eigenvalue weighted by molar-refractivity contribution is -0.136. The Balaban J connectivity index is 1.14. The number of hydrogen-bond acceptors (Lipinski definition) is 15. The number of nitrogens with one attached hydrogen (secondary N) is 13. The fraction of sp³-hybridized carbons (Fsp3) is 0.372. The Hall–Kier alpha value is -11.6. The molecule has 0 aliphatic heterocycles. The minimum atomic E-state index is -1.34. The quantitative estimate of drug-likeness (QED) is 0.0113. The zero-order valence-corrected chi connectivity index (χ0v) is 60.5. The van der Waals surface area contributed by atoms with Gasteiger partial charge in [-0.05, 0) is 144 Å². The van der Waals surface area contributed by atoms with E-state index < -0.39 is 114 Å². The van der Waals surface area contributed by atoms with E-state index in [1.54, 1.807) is 98.8 Å². The predicted molar refractivity (Wildman–Crippen MR) is 407 cm³/mol. The van der Waals surface area contributed by atoms with Crippen LogP contribution in [-0.4, -0.2) is 150 Å². The Morgan fingerprint density at radius 3 is 1.25 bits per heavy atom. The highest BCUT2D eigenvalue weighted by Crippen LogP contribution is 2.38. The Bertz CT molecular complexity index is 3860. The Labute approximate surface area is 618 Å². The molecule has 106 heavy (non-hydrogen) atoms. The highest BCUT2D eigenvalue weighted by molar-refractivity contribution is 6.05. The first kappa shape index (κ1) is 83.3. The summed E-state index contributed by atoms with van der Waals surface area (Å²) in [5.41, 5.74) is 29.6. The van der Waals surface area contributed by atoms with Gasteiger partial charge in [0.15, 0.2) is 11.9 Å². The van der Waals surface area contributed by atoms with Gasteiger partial charge in [0, 0.05) is 32.5 Å². The molecule has 6 aromatic rings. The van der Waals surface area contributed by atoms with Gasteiger partial charge in [0.25, 0.3) is 0 Å². The number of guanidine groups is 2. The molecule has 7 atom stereocenters. The Kier molecular flexibility index (Phi) is 34.2. The summed E-state index contributed by atoms with van der Waals surface area (Å²) in [6.45, 7) is 6.94. The number of aromatic hydroxyl groups is 2. The molecule has 0 aromatic heterocycles. The van der Waals surface area contributed by atoms with Crippen LogP contribution in [-0.2, 0) is 62.5 Å². The Morgan fingerprint density at radius 2 is 0.792 bits per heavy atom. The van der Waals surface area contributed by atoms with E-state index in [9.17, 15) is 53.4 Å². The van der Waals surface area contributed by atoms with Crippen molar-refractivity contribution in [3.05, 3.63) is 203 Å². The number of carbonyl (C=O) groups excluding carboxylic acids is 9. The third kappa shape index (κ3) is 28.5. The maximum atomic E-state index is 14.6. The van der Waals surface area contributed by atoms with Crippen LogP contribution in [0.5, 0.6) is 11.5 Å². The van der Waals surface area contributed by atoms with Crippen molar-refractivity contribution in [2.75, 3.05) is 32.7 Å². The van der Waals surface area contributed by atoms with Crippen LogP contribution in [0.3, 0.4) is 0 Å². The molecular formula is C78H103N17O11. The van der Waals surface area contributed by atoms with Gasteiger partial charge in [-0.3, -0.25) is 54.0 Å². The molecule has 28 heteroatoms. The normalized spacial score (nSPS) is 13.0.